The van der Waals surface area contributed by atoms with Crippen molar-refractivity contribution in [3.8, 4) is 0 Å². The molecule has 3 heteroatoms. The van der Waals surface area contributed by atoms with E-state index in [1.807, 2.05) is 0 Å². The van der Waals surface area contributed by atoms with Crippen molar-refractivity contribution < 1.29 is 0 Å². The summed E-state index contributed by atoms with van der Waals surface area (Å²) in [6.07, 6.45) is 0. The van der Waals surface area contributed by atoms with Gasteiger partial charge >= 0.3 is 0 Å². The monoisotopic (exact) mass is 197 g/mol. The first-order chi connectivity index (χ1) is 6.78. The van der Waals surface area contributed by atoms with Gasteiger partial charge in [-0.2, -0.15) is 0 Å². The molecule has 2 aliphatic heterocycles. The molecule has 0 saturated carbocycles. The first-order valence-corrected chi connectivity index (χ1v) is 5.91. The molecule has 2 heterocycles. The van der Waals surface area contributed by atoms with E-state index in [2.05, 4.69) is 28.7 Å². The normalized spacial score (nSPS) is 27.9. The fourth-order valence-corrected chi connectivity index (χ4v) is 2.60. The third kappa shape index (κ3) is 2.47. The fraction of sp³-hybridized carbons (Fsp3) is 1.00. The van der Waals surface area contributed by atoms with Crippen molar-refractivity contribution >= 4 is 0 Å². The average molecular weight is 197 g/mol. The second-order valence-electron chi connectivity index (χ2n) is 4.82. The van der Waals surface area contributed by atoms with Crippen molar-refractivity contribution in [3.63, 3.8) is 0 Å². The average Bonchev–Trinajstić information content (AvgIpc) is 2.17. The SMILES string of the molecule is CCN1CCN(CC2CN(C)C2)CC1. The molecule has 0 aromatic carbocycles. The Hall–Kier alpha value is -0.120. The van der Waals surface area contributed by atoms with Crippen LogP contribution in [-0.4, -0.2) is 74.1 Å². The van der Waals surface area contributed by atoms with Gasteiger partial charge in [0.05, 0.1) is 0 Å². The Morgan fingerprint density at radius 3 is 2.07 bits per heavy atom. The molecule has 14 heavy (non-hydrogen) atoms. The number of likely N-dealkylation sites (N-methyl/N-ethyl adjacent to an activating group) is 1. The van der Waals surface area contributed by atoms with Crippen molar-refractivity contribution in [1.82, 2.24) is 14.7 Å². The van der Waals surface area contributed by atoms with E-state index in [0.717, 1.165) is 5.92 Å². The molecule has 2 fully saturated rings. The van der Waals surface area contributed by atoms with Gasteiger partial charge in [0.25, 0.3) is 0 Å². The molecule has 0 atom stereocenters. The Morgan fingerprint density at radius 2 is 1.57 bits per heavy atom. The van der Waals surface area contributed by atoms with Gasteiger partial charge in [-0.3, -0.25) is 0 Å². The Labute approximate surface area is 87.7 Å². The topological polar surface area (TPSA) is 9.72 Å². The summed E-state index contributed by atoms with van der Waals surface area (Å²) >= 11 is 0. The third-order valence-electron chi connectivity index (χ3n) is 3.57. The van der Waals surface area contributed by atoms with Gasteiger partial charge in [-0.25, -0.2) is 0 Å². The molecule has 0 amide bonds. The quantitative estimate of drug-likeness (QED) is 0.639. The van der Waals surface area contributed by atoms with E-state index in [1.54, 1.807) is 0 Å². The molecule has 0 spiro atoms. The van der Waals surface area contributed by atoms with Crippen LogP contribution in [0.25, 0.3) is 0 Å². The van der Waals surface area contributed by atoms with E-state index in [0.29, 0.717) is 0 Å². The molecule has 0 N–H and O–H groups in total. The standard InChI is InChI=1S/C11H23N3/c1-3-13-4-6-14(7-5-13)10-11-8-12(2)9-11/h11H,3-10H2,1-2H3. The van der Waals surface area contributed by atoms with Crippen LogP contribution in [0.5, 0.6) is 0 Å². The lowest BCUT2D eigenvalue weighted by atomic mass is 10.0. The predicted molar refractivity (Wildman–Crippen MR) is 59.5 cm³/mol. The highest BCUT2D eigenvalue weighted by Gasteiger charge is 2.26. The van der Waals surface area contributed by atoms with Crippen molar-refractivity contribution in [2.45, 2.75) is 6.92 Å². The molecule has 2 aliphatic rings. The maximum atomic E-state index is 2.64. The van der Waals surface area contributed by atoms with Crippen LogP contribution in [0.2, 0.25) is 0 Å². The highest BCUT2D eigenvalue weighted by atomic mass is 15.3. The Balaban J connectivity index is 1.64. The van der Waals surface area contributed by atoms with Gasteiger partial charge in [0.1, 0.15) is 0 Å². The molecule has 0 aliphatic carbocycles. The lowest BCUT2D eigenvalue weighted by Crippen LogP contribution is -2.53. The fourth-order valence-electron chi connectivity index (χ4n) is 2.60. The van der Waals surface area contributed by atoms with Gasteiger partial charge in [0.15, 0.2) is 0 Å². The van der Waals surface area contributed by atoms with E-state index in [1.165, 1.54) is 52.4 Å². The summed E-state index contributed by atoms with van der Waals surface area (Å²) in [7, 11) is 2.21. The Bertz CT molecular complexity index is 169. The summed E-state index contributed by atoms with van der Waals surface area (Å²) in [4.78, 5) is 7.60. The summed E-state index contributed by atoms with van der Waals surface area (Å²) in [5.41, 5.74) is 0. The maximum absolute atomic E-state index is 2.64. The minimum absolute atomic E-state index is 0.952. The van der Waals surface area contributed by atoms with Crippen LogP contribution in [0.4, 0.5) is 0 Å². The first-order valence-electron chi connectivity index (χ1n) is 5.91. The van der Waals surface area contributed by atoms with Crippen LogP contribution >= 0.6 is 0 Å². The zero-order valence-electron chi connectivity index (χ0n) is 9.58. The van der Waals surface area contributed by atoms with Crippen LogP contribution in [-0.2, 0) is 0 Å². The largest absolute Gasteiger partial charge is 0.306 e. The van der Waals surface area contributed by atoms with Crippen molar-refractivity contribution in [2.75, 3.05) is 59.4 Å². The van der Waals surface area contributed by atoms with Crippen molar-refractivity contribution in [2.24, 2.45) is 5.92 Å². The van der Waals surface area contributed by atoms with Crippen LogP contribution in [0.1, 0.15) is 6.92 Å². The van der Waals surface area contributed by atoms with E-state index in [4.69, 9.17) is 0 Å². The Morgan fingerprint density at radius 1 is 1.00 bits per heavy atom. The first kappa shape index (κ1) is 10.4. The molecule has 82 valence electrons. The zero-order chi connectivity index (χ0) is 9.97. The summed E-state index contributed by atoms with van der Waals surface area (Å²) in [6.45, 7) is 12.6. The molecule has 0 radical (unpaired) electrons. The number of hydrogen-bond donors (Lipinski definition) is 0. The highest BCUT2D eigenvalue weighted by molar-refractivity contribution is 4.81. The summed E-state index contributed by atoms with van der Waals surface area (Å²) in [5.74, 6) is 0.952. The van der Waals surface area contributed by atoms with E-state index in [9.17, 15) is 0 Å². The van der Waals surface area contributed by atoms with E-state index < -0.39 is 0 Å². The smallest absolute Gasteiger partial charge is 0.0110 e. The number of likely N-dealkylation sites (tertiary alicyclic amines) is 1. The van der Waals surface area contributed by atoms with Crippen LogP contribution in [0.3, 0.4) is 0 Å². The van der Waals surface area contributed by atoms with Crippen LogP contribution < -0.4 is 0 Å². The summed E-state index contributed by atoms with van der Waals surface area (Å²) < 4.78 is 0. The van der Waals surface area contributed by atoms with E-state index in [-0.39, 0.29) is 0 Å². The number of rotatable bonds is 3. The second-order valence-corrected chi connectivity index (χ2v) is 4.82. The molecule has 2 saturated heterocycles. The molecule has 0 bridgehead atoms. The third-order valence-corrected chi connectivity index (χ3v) is 3.57. The highest BCUT2D eigenvalue weighted by Crippen LogP contribution is 2.15. The molecule has 0 aromatic heterocycles. The van der Waals surface area contributed by atoms with Gasteiger partial charge in [-0.15, -0.1) is 0 Å². The molecule has 2 rings (SSSR count). The van der Waals surface area contributed by atoms with Gasteiger partial charge in [-0.05, 0) is 19.5 Å². The van der Waals surface area contributed by atoms with Crippen LogP contribution in [0.15, 0.2) is 0 Å². The van der Waals surface area contributed by atoms with Gasteiger partial charge in [-0.1, -0.05) is 6.92 Å². The minimum atomic E-state index is 0.952. The lowest BCUT2D eigenvalue weighted by molar-refractivity contribution is 0.0633. The molecular formula is C11H23N3. The zero-order valence-corrected chi connectivity index (χ0v) is 9.58. The second kappa shape index (κ2) is 4.60. The van der Waals surface area contributed by atoms with Crippen molar-refractivity contribution in [1.29, 1.82) is 0 Å². The van der Waals surface area contributed by atoms with Gasteiger partial charge in [0.2, 0.25) is 0 Å². The van der Waals surface area contributed by atoms with Crippen LogP contribution in [0, 0.1) is 5.92 Å². The number of nitrogens with zero attached hydrogens (tertiary/aromatic N) is 3. The minimum Gasteiger partial charge on any atom is -0.306 e. The lowest BCUT2D eigenvalue weighted by Gasteiger charge is -2.42. The molecular weight excluding hydrogens is 174 g/mol. The van der Waals surface area contributed by atoms with Gasteiger partial charge in [0, 0.05) is 45.8 Å². The van der Waals surface area contributed by atoms with Gasteiger partial charge < -0.3 is 14.7 Å². The number of hydrogen-bond acceptors (Lipinski definition) is 3. The summed E-state index contributed by atoms with van der Waals surface area (Å²) in [6, 6.07) is 0. The molecule has 0 unspecified atom stereocenters. The summed E-state index contributed by atoms with van der Waals surface area (Å²) in [5, 5.41) is 0. The predicted octanol–water partition coefficient (Wildman–Crippen LogP) is 0.186. The Kier molecular flexibility index (Phi) is 3.42. The number of piperazine rings is 1. The van der Waals surface area contributed by atoms with E-state index >= 15 is 0 Å². The molecule has 3 nitrogen and oxygen atoms in total. The van der Waals surface area contributed by atoms with Crippen molar-refractivity contribution in [3.05, 3.63) is 0 Å². The maximum Gasteiger partial charge on any atom is 0.0110 e. The molecule has 0 aromatic rings.